The molecule has 0 aromatic rings. The maximum Gasteiger partial charge on any atom is 0.305 e. The van der Waals surface area contributed by atoms with Crippen LogP contribution in [0.15, 0.2) is 12.2 Å². The lowest BCUT2D eigenvalue weighted by Gasteiger charge is -2.34. The van der Waals surface area contributed by atoms with Crippen molar-refractivity contribution in [3.8, 4) is 0 Å². The van der Waals surface area contributed by atoms with Crippen LogP contribution in [0.3, 0.4) is 0 Å². The van der Waals surface area contributed by atoms with Crippen molar-refractivity contribution in [2.75, 3.05) is 33.2 Å². The highest BCUT2D eigenvalue weighted by atomic mass is 16.4. The zero-order chi connectivity index (χ0) is 102. The SMILES string of the molecule is CC[C@@H](C)[C@H](C=O)N[C@H](NC(=O)[C@@H](NC(=O)[C@@H](NC(=O)[C@@H](NC(=O)[C@@H](NC(=O)[C@@H](NC(=O)[C@H](C(=O)CN)N1C/C=C/CCC(=O)N[C@@H](N[C@@H](C=O)CCC(N)=O)C(=O)N[C@@H](C(=O)[C@@H](N)C(C)C)C1=O)N[C@@H](C=O)CCCNC(=N)N)N[C@@H](C=O)CCC(N)=O)N[C@@H](C=O)CC(C)C)N[C@@H](C)C=O)N[C@@H](C=O)[C@H](C)CC)C(=O)N[C@@H](NCC=O)C(=O)N[C@@H](N[C@@H](C=O)CC(=O)O)C(=O)NC. The molecule has 0 fully saturated rings. The Morgan fingerprint density at radius 2 is 0.940 bits per heavy atom. The molecule has 0 aromatic heterocycles. The van der Waals surface area contributed by atoms with Crippen LogP contribution in [0.2, 0.25) is 0 Å². The van der Waals surface area contributed by atoms with Gasteiger partial charge in [0.05, 0.1) is 73.9 Å². The number of ketones is 2. The number of carbonyl (C=O) groups is 26. The second-order valence-electron chi connectivity index (χ2n) is 31.7. The van der Waals surface area contributed by atoms with Gasteiger partial charge in [-0.2, -0.15) is 0 Å². The molecule has 0 spiro atoms. The summed E-state index contributed by atoms with van der Waals surface area (Å²) in [5, 5.41) is 66.1. The standard InChI is InChI=1S/C79H130N28O27/c1-11-40(7)48(36-115)95-66(76(132)99-59(87-24-26-108)70(126)101-60(69(125)86-10)94-47(35-114)28-54(121)122)106-77(133)67(96-49(37-116)41(8)12-2)105-72(128)61(89-42(9)30-109)102-75(131)65(93-46(34-113)27-38(3)4)104-74(130)64(92-45(33-112)20-22-52(82)119)103-73(129)63(90-43(31-110)17-16-23-88-79(84)85)100-68(124)57(50(117)29-80)107-25-15-13-14-18-53(120)97-62(91-44(32-111)19-21-51(81)118)71(127)98-56(78(107)134)58(123)55(83)39(5)6/h13,15,26,30-49,55-57,59-67,87,89-96H,11-12,14,16-25,27-29,80,83H2,1-10H3,(H2,81,118)(H2,82,119)(H,86,125)(H,97,120)(H,98,127)(H,99,132)(H,100,124)(H,101,126)(H,102,131)(H,103,129)(H,104,130)(H,105,128)(H,106,133)(H,121,122)(H4,84,85,88)/b15-13+/t40-,41-,42+,43-,44-,45-,46-,47-,48+,49+,55+,56+,57+,59-,60-,61-,62-,63-,64-,65-,66-,67-/m1/s1. The number of rotatable bonds is 68. The van der Waals surface area contributed by atoms with E-state index in [0.717, 1.165) is 20.0 Å². The van der Waals surface area contributed by atoms with Crippen LogP contribution in [0.1, 0.15) is 139 Å². The van der Waals surface area contributed by atoms with E-state index >= 15 is 33.6 Å². The first-order valence-corrected chi connectivity index (χ1v) is 42.7. The van der Waals surface area contributed by atoms with Crippen LogP contribution in [-0.2, 0) is 125 Å². The zero-order valence-corrected chi connectivity index (χ0v) is 75.9. The third-order valence-electron chi connectivity index (χ3n) is 20.2. The smallest absolute Gasteiger partial charge is 0.305 e. The van der Waals surface area contributed by atoms with Crippen LogP contribution in [0, 0.1) is 29.1 Å². The molecule has 0 radical (unpaired) electrons. The first-order chi connectivity index (χ1) is 63.2. The molecule has 22 atom stereocenters. The molecule has 0 aliphatic carbocycles. The maximum absolute atomic E-state index is 15.4. The van der Waals surface area contributed by atoms with Gasteiger partial charge in [0.25, 0.3) is 65.0 Å². The third kappa shape index (κ3) is 43.1. The summed E-state index contributed by atoms with van der Waals surface area (Å²) in [5.74, 6) is -26.8. The molecule has 0 aromatic carbocycles. The van der Waals surface area contributed by atoms with Gasteiger partial charge in [0.1, 0.15) is 56.6 Å². The number of aldehydes is 9. The molecule has 748 valence electrons. The monoisotopic (exact) mass is 1900 g/mol. The minimum atomic E-state index is -2.63. The highest BCUT2D eigenvalue weighted by Crippen LogP contribution is 2.16. The van der Waals surface area contributed by atoms with Crippen LogP contribution in [0.5, 0.6) is 0 Å². The van der Waals surface area contributed by atoms with Crippen molar-refractivity contribution >= 4 is 163 Å². The van der Waals surface area contributed by atoms with Crippen molar-refractivity contribution in [1.29, 1.82) is 5.41 Å². The number of likely N-dealkylation sites (N-methyl/N-ethyl adjacent to an activating group) is 1. The predicted molar refractivity (Wildman–Crippen MR) is 469 cm³/mol. The Morgan fingerprint density at radius 3 is 1.34 bits per heavy atom. The molecule has 33 N–H and O–H groups in total. The number of carbonyl (C=O) groups excluding carboxylic acids is 25. The zero-order valence-electron chi connectivity index (χ0n) is 75.9. The number of guanidine groups is 1. The van der Waals surface area contributed by atoms with Crippen LogP contribution in [-0.4, -0.2) is 328 Å². The molecule has 0 saturated heterocycles. The summed E-state index contributed by atoms with van der Waals surface area (Å²) in [6.07, 6.45) is -19.8. The summed E-state index contributed by atoms with van der Waals surface area (Å²) in [4.78, 5) is 355. The lowest BCUT2D eigenvalue weighted by Crippen LogP contribution is -2.70. The molecule has 1 aliphatic heterocycles. The van der Waals surface area contributed by atoms with Crippen molar-refractivity contribution in [3.05, 3.63) is 12.2 Å². The van der Waals surface area contributed by atoms with E-state index in [-0.39, 0.29) is 95.5 Å². The van der Waals surface area contributed by atoms with Gasteiger partial charge >= 0.3 is 5.97 Å². The van der Waals surface area contributed by atoms with E-state index in [1.165, 1.54) is 33.8 Å². The molecule has 1 rings (SSSR count). The summed E-state index contributed by atoms with van der Waals surface area (Å²) >= 11 is 0. The number of primary amides is 2. The molecule has 55 heteroatoms. The molecular formula is C79H130N28O27. The highest BCUT2D eigenvalue weighted by molar-refractivity contribution is 6.15. The van der Waals surface area contributed by atoms with Gasteiger partial charge in [-0.1, -0.05) is 80.4 Å². The lowest BCUT2D eigenvalue weighted by atomic mass is 9.94. The summed E-state index contributed by atoms with van der Waals surface area (Å²) in [7, 11) is 1.09. The number of allylic oxidation sites excluding steroid dienone is 1. The Hall–Kier alpha value is -13.0. The van der Waals surface area contributed by atoms with E-state index in [0.29, 0.717) is 17.5 Å². The van der Waals surface area contributed by atoms with Gasteiger partial charge < -0.3 is 146 Å². The Bertz CT molecular complexity index is 4110. The first-order valence-electron chi connectivity index (χ1n) is 42.7. The fourth-order valence-corrected chi connectivity index (χ4v) is 12.3. The molecule has 0 saturated carbocycles. The van der Waals surface area contributed by atoms with Gasteiger partial charge in [0, 0.05) is 39.4 Å². The molecule has 0 bridgehead atoms. The van der Waals surface area contributed by atoms with Crippen molar-refractivity contribution < 1.29 is 130 Å². The van der Waals surface area contributed by atoms with Gasteiger partial charge in [-0.25, -0.2) is 0 Å². The lowest BCUT2D eigenvalue weighted by molar-refractivity contribution is -0.151. The number of Topliss-reactive ketones (excluding diaryl/α,β-unsaturated/α-hetero) is 2. The summed E-state index contributed by atoms with van der Waals surface area (Å²) in [6, 6.07) is -19.0. The van der Waals surface area contributed by atoms with Crippen LogP contribution in [0.4, 0.5) is 0 Å². The maximum atomic E-state index is 15.4. The van der Waals surface area contributed by atoms with E-state index in [1.807, 2.05) is 0 Å². The minimum absolute atomic E-state index is 0.0870. The second-order valence-corrected chi connectivity index (χ2v) is 31.7. The molecule has 0 unspecified atom stereocenters. The van der Waals surface area contributed by atoms with Gasteiger partial charge in [-0.3, -0.25) is 135 Å². The van der Waals surface area contributed by atoms with Crippen LogP contribution >= 0.6 is 0 Å². The van der Waals surface area contributed by atoms with E-state index in [1.54, 1.807) is 27.7 Å². The Morgan fingerprint density at radius 1 is 0.522 bits per heavy atom. The second kappa shape index (κ2) is 63.2. The van der Waals surface area contributed by atoms with Crippen molar-refractivity contribution in [2.45, 2.75) is 261 Å². The molecule has 55 nitrogen and oxygen atoms in total. The van der Waals surface area contributed by atoms with Gasteiger partial charge in [-0.05, 0) is 69.1 Å². The van der Waals surface area contributed by atoms with Crippen molar-refractivity contribution in [2.24, 2.45) is 52.3 Å². The van der Waals surface area contributed by atoms with Crippen molar-refractivity contribution in [3.63, 3.8) is 0 Å². The molecule has 134 heavy (non-hydrogen) atoms. The topological polar surface area (TPSA) is 874 Å². The molecule has 1 aliphatic rings. The Kier molecular flexibility index (Phi) is 56.1. The predicted octanol–water partition coefficient (Wildman–Crippen LogP) is -14.7. The number of nitrogens with two attached hydrogens (primary N) is 5. The van der Waals surface area contributed by atoms with E-state index in [4.69, 9.17) is 34.1 Å². The van der Waals surface area contributed by atoms with Gasteiger partial charge in [-0.15, -0.1) is 0 Å². The number of nitrogens with one attached hydrogen (secondary N) is 22. The van der Waals surface area contributed by atoms with Gasteiger partial charge in [0.15, 0.2) is 85.1 Å². The number of hydrogen-bond acceptors (Lipinski definition) is 38. The quantitative estimate of drug-likeness (QED) is 0.00511. The number of hydrogen-bond donors (Lipinski definition) is 28. The number of amides is 14. The molecule has 14 amide bonds. The Balaban J connectivity index is 4.63. The van der Waals surface area contributed by atoms with Gasteiger partial charge in [0.2, 0.25) is 17.7 Å². The molecular weight excluding hydrogens is 1770 g/mol. The summed E-state index contributed by atoms with van der Waals surface area (Å²) in [6.45, 7) is 10.6. The average molecular weight is 1900 g/mol. The average Bonchev–Trinajstić information content (AvgIpc) is 0.979. The third-order valence-corrected chi connectivity index (χ3v) is 20.2. The number of aliphatic carboxylic acids is 1. The Labute approximate surface area is 770 Å². The first kappa shape index (κ1) is 119. The van der Waals surface area contributed by atoms with E-state index in [9.17, 15) is 96.2 Å². The number of carboxylic acids is 1. The largest absolute Gasteiger partial charge is 0.481 e. The normalized spacial score (nSPS) is 18.3. The fraction of sp³-hybridized carbons (Fsp3) is 0.633. The van der Waals surface area contributed by atoms with E-state index in [2.05, 4.69) is 112 Å². The number of nitrogens with zero attached hydrogens (tertiary/aromatic N) is 1. The number of carboxylic acid groups (broad SMARTS) is 1. The summed E-state index contributed by atoms with van der Waals surface area (Å²) in [5.41, 5.74) is 28.5. The van der Waals surface area contributed by atoms with E-state index < -0.39 is 304 Å². The minimum Gasteiger partial charge on any atom is -0.481 e. The summed E-state index contributed by atoms with van der Waals surface area (Å²) < 4.78 is 0. The van der Waals surface area contributed by atoms with Crippen molar-refractivity contribution in [1.82, 2.24) is 117 Å². The fourth-order valence-electron chi connectivity index (χ4n) is 12.3. The van der Waals surface area contributed by atoms with Crippen LogP contribution < -0.4 is 140 Å². The molecule has 1 heterocycles. The highest BCUT2D eigenvalue weighted by Gasteiger charge is 2.46. The van der Waals surface area contributed by atoms with Crippen LogP contribution in [0.25, 0.3) is 0 Å².